The highest BCUT2D eigenvalue weighted by atomic mass is 15.0. The Hall–Kier alpha value is -6.96. The first-order chi connectivity index (χ1) is 24.8. The maximum Gasteiger partial charge on any atom is 0.164 e. The lowest BCUT2D eigenvalue weighted by Crippen LogP contribution is -2.01. The fourth-order valence-electron chi connectivity index (χ4n) is 7.12. The minimum absolute atomic E-state index is 0.521. The molecule has 8 aromatic carbocycles. The van der Waals surface area contributed by atoms with E-state index in [1.165, 1.54) is 38.2 Å². The van der Waals surface area contributed by atoms with Gasteiger partial charge in [0.05, 0.1) is 11.6 Å². The van der Waals surface area contributed by atoms with Crippen LogP contribution in [0, 0.1) is 11.3 Å². The van der Waals surface area contributed by atoms with Gasteiger partial charge in [-0.05, 0) is 72.8 Å². The van der Waals surface area contributed by atoms with E-state index in [0.29, 0.717) is 23.0 Å². The largest absolute Gasteiger partial charge is 0.208 e. The number of nitriles is 1. The van der Waals surface area contributed by atoms with E-state index in [4.69, 9.17) is 15.0 Å². The summed E-state index contributed by atoms with van der Waals surface area (Å²) in [6.07, 6.45) is 0. The summed E-state index contributed by atoms with van der Waals surface area (Å²) in [6, 6.07) is 60.6. The second kappa shape index (κ2) is 12.2. The average molecular weight is 637 g/mol. The molecule has 0 saturated heterocycles. The molecule has 9 rings (SSSR count). The van der Waals surface area contributed by atoms with E-state index in [1.807, 2.05) is 48.5 Å². The van der Waals surface area contributed by atoms with Gasteiger partial charge in [0.1, 0.15) is 0 Å². The van der Waals surface area contributed by atoms with Crippen molar-refractivity contribution >= 4 is 32.3 Å². The summed E-state index contributed by atoms with van der Waals surface area (Å²) in [6.45, 7) is 0. The van der Waals surface area contributed by atoms with Gasteiger partial charge in [-0.25, -0.2) is 15.0 Å². The number of nitrogens with zero attached hydrogens (tertiary/aromatic N) is 4. The fraction of sp³-hybridized carbons (Fsp3) is 0. The molecule has 0 aliphatic heterocycles. The standard InChI is InChI=1S/C46H28N4/c47-29-30-14-13-19-33(28-30)45-48-44(32-17-5-2-6-18-32)49-46(50-45)41-27-26-40(34-20-7-8-21-35(34)41)43-38-24-11-9-22-36(38)42(31-15-3-1-4-16-31)37-23-10-12-25-39(37)43/h1-28H. The van der Waals surface area contributed by atoms with E-state index < -0.39 is 0 Å². The van der Waals surface area contributed by atoms with Crippen LogP contribution in [0.3, 0.4) is 0 Å². The summed E-state index contributed by atoms with van der Waals surface area (Å²) in [5, 5.41) is 16.6. The Balaban J connectivity index is 1.31. The summed E-state index contributed by atoms with van der Waals surface area (Å²) >= 11 is 0. The molecule has 0 spiro atoms. The van der Waals surface area contributed by atoms with Crippen molar-refractivity contribution in [1.82, 2.24) is 15.0 Å². The first-order valence-corrected chi connectivity index (χ1v) is 16.6. The third-order valence-corrected chi connectivity index (χ3v) is 9.35. The second-order valence-corrected chi connectivity index (χ2v) is 12.3. The molecule has 0 saturated carbocycles. The summed E-state index contributed by atoms with van der Waals surface area (Å²) in [4.78, 5) is 15.0. The summed E-state index contributed by atoms with van der Waals surface area (Å²) in [5.41, 5.74) is 7.92. The maximum absolute atomic E-state index is 9.61. The maximum atomic E-state index is 9.61. The van der Waals surface area contributed by atoms with Gasteiger partial charge in [0.25, 0.3) is 0 Å². The van der Waals surface area contributed by atoms with Crippen molar-refractivity contribution in [3.63, 3.8) is 0 Å². The predicted octanol–water partition coefficient (Wildman–Crippen LogP) is 11.5. The normalized spacial score (nSPS) is 11.2. The van der Waals surface area contributed by atoms with Gasteiger partial charge in [-0.1, -0.05) is 152 Å². The zero-order chi connectivity index (χ0) is 33.4. The molecule has 232 valence electrons. The molecule has 0 fully saturated rings. The molecule has 0 N–H and O–H groups in total. The van der Waals surface area contributed by atoms with Crippen molar-refractivity contribution in [2.24, 2.45) is 0 Å². The van der Waals surface area contributed by atoms with Crippen molar-refractivity contribution in [3.05, 3.63) is 175 Å². The fourth-order valence-corrected chi connectivity index (χ4v) is 7.12. The predicted molar refractivity (Wildman–Crippen MR) is 204 cm³/mol. The SMILES string of the molecule is N#Cc1cccc(-c2nc(-c3ccccc3)nc(-c3ccc(-c4c5ccccc5c(-c5ccccc5)c5ccccc45)c4ccccc34)n2)c1. The Labute approximate surface area is 289 Å². The molecule has 0 bridgehead atoms. The van der Waals surface area contributed by atoms with E-state index in [2.05, 4.69) is 121 Å². The van der Waals surface area contributed by atoms with Crippen LogP contribution in [0.15, 0.2) is 170 Å². The number of rotatable bonds is 5. The van der Waals surface area contributed by atoms with Crippen molar-refractivity contribution in [1.29, 1.82) is 5.26 Å². The highest BCUT2D eigenvalue weighted by Gasteiger charge is 2.20. The van der Waals surface area contributed by atoms with Crippen molar-refractivity contribution < 1.29 is 0 Å². The van der Waals surface area contributed by atoms with Crippen LogP contribution in [0.25, 0.3) is 88.7 Å². The molecule has 0 aliphatic carbocycles. The smallest absolute Gasteiger partial charge is 0.164 e. The molecular formula is C46H28N4. The number of aromatic nitrogens is 3. The van der Waals surface area contributed by atoms with Gasteiger partial charge in [0.2, 0.25) is 0 Å². The second-order valence-electron chi connectivity index (χ2n) is 12.3. The zero-order valence-electron chi connectivity index (χ0n) is 27.0. The highest BCUT2D eigenvalue weighted by molar-refractivity contribution is 6.24. The molecule has 0 aliphatic rings. The minimum atomic E-state index is 0.521. The molecule has 50 heavy (non-hydrogen) atoms. The lowest BCUT2D eigenvalue weighted by molar-refractivity contribution is 1.08. The summed E-state index contributed by atoms with van der Waals surface area (Å²) < 4.78 is 0. The molecule has 1 heterocycles. The van der Waals surface area contributed by atoms with E-state index in [1.54, 1.807) is 6.07 Å². The molecule has 4 heteroatoms. The van der Waals surface area contributed by atoms with Gasteiger partial charge in [-0.3, -0.25) is 0 Å². The Morgan fingerprint density at radius 3 is 1.38 bits per heavy atom. The van der Waals surface area contributed by atoms with Crippen LogP contribution in [-0.4, -0.2) is 15.0 Å². The van der Waals surface area contributed by atoms with E-state index in [-0.39, 0.29) is 0 Å². The van der Waals surface area contributed by atoms with Gasteiger partial charge >= 0.3 is 0 Å². The molecule has 0 radical (unpaired) electrons. The van der Waals surface area contributed by atoms with Crippen LogP contribution < -0.4 is 0 Å². The average Bonchev–Trinajstić information content (AvgIpc) is 3.20. The molecule has 9 aromatic rings. The van der Waals surface area contributed by atoms with Crippen molar-refractivity contribution in [3.8, 4) is 62.5 Å². The Morgan fingerprint density at radius 2 is 0.780 bits per heavy atom. The van der Waals surface area contributed by atoms with Gasteiger partial charge in [0, 0.05) is 16.7 Å². The Morgan fingerprint density at radius 1 is 0.340 bits per heavy atom. The number of benzene rings is 8. The number of hydrogen-bond acceptors (Lipinski definition) is 4. The molecular weight excluding hydrogens is 609 g/mol. The molecule has 0 amide bonds. The van der Waals surface area contributed by atoms with Crippen LogP contribution in [0.1, 0.15) is 5.56 Å². The van der Waals surface area contributed by atoms with Gasteiger partial charge in [0.15, 0.2) is 17.5 Å². The third kappa shape index (κ3) is 4.97. The Bertz CT molecular complexity index is 2710. The quantitative estimate of drug-likeness (QED) is 0.176. The van der Waals surface area contributed by atoms with Crippen LogP contribution in [0.2, 0.25) is 0 Å². The minimum Gasteiger partial charge on any atom is -0.208 e. The number of fused-ring (bicyclic) bond motifs is 3. The number of hydrogen-bond donors (Lipinski definition) is 0. The van der Waals surface area contributed by atoms with Crippen LogP contribution in [-0.2, 0) is 0 Å². The lowest BCUT2D eigenvalue weighted by Gasteiger charge is -2.19. The first-order valence-electron chi connectivity index (χ1n) is 16.6. The highest BCUT2D eigenvalue weighted by Crippen LogP contribution is 2.46. The van der Waals surface area contributed by atoms with Crippen molar-refractivity contribution in [2.75, 3.05) is 0 Å². The zero-order valence-corrected chi connectivity index (χ0v) is 27.0. The first kappa shape index (κ1) is 29.2. The van der Waals surface area contributed by atoms with E-state index in [0.717, 1.165) is 33.0 Å². The summed E-state index contributed by atoms with van der Waals surface area (Å²) in [5.74, 6) is 1.68. The van der Waals surface area contributed by atoms with Gasteiger partial charge < -0.3 is 0 Å². The van der Waals surface area contributed by atoms with Gasteiger partial charge in [-0.15, -0.1) is 0 Å². The lowest BCUT2D eigenvalue weighted by atomic mass is 9.84. The Kier molecular flexibility index (Phi) is 7.15. The van der Waals surface area contributed by atoms with Gasteiger partial charge in [-0.2, -0.15) is 5.26 Å². The third-order valence-electron chi connectivity index (χ3n) is 9.35. The topological polar surface area (TPSA) is 62.5 Å². The van der Waals surface area contributed by atoms with Crippen LogP contribution >= 0.6 is 0 Å². The van der Waals surface area contributed by atoms with Crippen LogP contribution in [0.4, 0.5) is 0 Å². The molecule has 0 unspecified atom stereocenters. The molecule has 0 atom stereocenters. The summed E-state index contributed by atoms with van der Waals surface area (Å²) in [7, 11) is 0. The molecule has 4 nitrogen and oxygen atoms in total. The van der Waals surface area contributed by atoms with E-state index in [9.17, 15) is 5.26 Å². The van der Waals surface area contributed by atoms with E-state index >= 15 is 0 Å². The van der Waals surface area contributed by atoms with Crippen LogP contribution in [0.5, 0.6) is 0 Å². The molecule has 1 aromatic heterocycles. The van der Waals surface area contributed by atoms with Crippen molar-refractivity contribution in [2.45, 2.75) is 0 Å². The monoisotopic (exact) mass is 636 g/mol.